The maximum Gasteiger partial charge on any atom is 0.126 e. The van der Waals surface area contributed by atoms with E-state index in [1.807, 2.05) is 18.2 Å². The van der Waals surface area contributed by atoms with Crippen LogP contribution in [0.5, 0.6) is 0 Å². The zero-order valence-electron chi connectivity index (χ0n) is 12.5. The number of nitrogens with zero attached hydrogens (tertiary/aromatic N) is 1. The van der Waals surface area contributed by atoms with Crippen LogP contribution in [0.4, 0.5) is 5.82 Å². The van der Waals surface area contributed by atoms with Gasteiger partial charge in [0.25, 0.3) is 0 Å². The van der Waals surface area contributed by atoms with E-state index in [1.54, 1.807) is 6.20 Å². The molecule has 0 aliphatic carbocycles. The first kappa shape index (κ1) is 15.4. The number of hydrogen-bond acceptors (Lipinski definition) is 3. The van der Waals surface area contributed by atoms with E-state index in [-0.39, 0.29) is 5.54 Å². The smallest absolute Gasteiger partial charge is 0.126 e. The summed E-state index contributed by atoms with van der Waals surface area (Å²) in [6, 6.07) is 14.2. The van der Waals surface area contributed by atoms with Crippen LogP contribution < -0.4 is 11.1 Å². The van der Waals surface area contributed by atoms with Gasteiger partial charge in [-0.2, -0.15) is 0 Å². The summed E-state index contributed by atoms with van der Waals surface area (Å²) in [5, 5.41) is 3.46. The fourth-order valence-electron chi connectivity index (χ4n) is 2.16. The molecule has 0 aliphatic rings. The van der Waals surface area contributed by atoms with E-state index in [4.69, 9.17) is 18.0 Å². The second kappa shape index (κ2) is 6.68. The minimum atomic E-state index is -0.0579. The molecule has 2 aromatic rings. The number of benzene rings is 1. The summed E-state index contributed by atoms with van der Waals surface area (Å²) in [7, 11) is 0. The molecule has 2 rings (SSSR count). The number of aryl methyl sites for hydroxylation is 1. The summed E-state index contributed by atoms with van der Waals surface area (Å²) in [5.74, 6) is 0.804. The molecule has 3 N–H and O–H groups in total. The normalized spacial score (nSPS) is 11.1. The highest BCUT2D eigenvalue weighted by Gasteiger charge is 2.18. The fourth-order valence-corrected chi connectivity index (χ4v) is 2.29. The van der Waals surface area contributed by atoms with Gasteiger partial charge in [0.2, 0.25) is 0 Å². The third-order valence-corrected chi connectivity index (χ3v) is 3.63. The minimum Gasteiger partial charge on any atom is -0.389 e. The van der Waals surface area contributed by atoms with Crippen LogP contribution >= 0.6 is 12.2 Å². The van der Waals surface area contributed by atoms with Gasteiger partial charge in [0.15, 0.2) is 0 Å². The molecule has 0 aliphatic heterocycles. The molecule has 0 saturated heterocycles. The highest BCUT2D eigenvalue weighted by molar-refractivity contribution is 7.80. The van der Waals surface area contributed by atoms with Crippen molar-refractivity contribution in [2.75, 3.05) is 5.32 Å². The predicted octanol–water partition coefficient (Wildman–Crippen LogP) is 3.54. The molecule has 21 heavy (non-hydrogen) atoms. The van der Waals surface area contributed by atoms with Gasteiger partial charge in [0, 0.05) is 17.3 Å². The van der Waals surface area contributed by atoms with Gasteiger partial charge in [0.05, 0.1) is 0 Å². The third kappa shape index (κ3) is 4.83. The summed E-state index contributed by atoms with van der Waals surface area (Å²) >= 11 is 5.00. The Morgan fingerprint density at radius 1 is 1.24 bits per heavy atom. The summed E-state index contributed by atoms with van der Waals surface area (Å²) in [4.78, 5) is 4.73. The molecule has 0 radical (unpaired) electrons. The van der Waals surface area contributed by atoms with E-state index in [1.165, 1.54) is 5.56 Å². The topological polar surface area (TPSA) is 50.9 Å². The third-order valence-electron chi connectivity index (χ3n) is 3.39. The van der Waals surface area contributed by atoms with Crippen molar-refractivity contribution in [3.05, 3.63) is 59.8 Å². The average molecular weight is 299 g/mol. The maximum atomic E-state index is 5.66. The van der Waals surface area contributed by atoms with E-state index >= 15 is 0 Å². The van der Waals surface area contributed by atoms with Crippen LogP contribution in [0, 0.1) is 0 Å². The SMILES string of the molecule is CC(C)(CCc1ccccc1)Nc1cc(C(N)=S)ccn1. The molecule has 0 bridgehead atoms. The number of pyridine rings is 1. The molecule has 4 heteroatoms. The summed E-state index contributed by atoms with van der Waals surface area (Å²) in [6.45, 7) is 4.34. The Bertz CT molecular complexity index is 608. The van der Waals surface area contributed by atoms with Crippen molar-refractivity contribution in [2.45, 2.75) is 32.2 Å². The van der Waals surface area contributed by atoms with Gasteiger partial charge in [-0.15, -0.1) is 0 Å². The van der Waals surface area contributed by atoms with Crippen LogP contribution in [0.3, 0.4) is 0 Å². The van der Waals surface area contributed by atoms with Crippen molar-refractivity contribution in [1.29, 1.82) is 0 Å². The van der Waals surface area contributed by atoms with Crippen molar-refractivity contribution < 1.29 is 0 Å². The first-order valence-electron chi connectivity index (χ1n) is 7.04. The Labute approximate surface area is 131 Å². The average Bonchev–Trinajstić information content (AvgIpc) is 2.46. The Morgan fingerprint density at radius 2 is 1.95 bits per heavy atom. The predicted molar refractivity (Wildman–Crippen MR) is 92.6 cm³/mol. The van der Waals surface area contributed by atoms with Crippen LogP contribution in [0.2, 0.25) is 0 Å². The fraction of sp³-hybridized carbons (Fsp3) is 0.294. The molecule has 0 atom stereocenters. The lowest BCUT2D eigenvalue weighted by atomic mass is 9.95. The van der Waals surface area contributed by atoms with E-state index in [0.717, 1.165) is 24.2 Å². The van der Waals surface area contributed by atoms with Crippen molar-refractivity contribution in [3.8, 4) is 0 Å². The molecule has 0 fully saturated rings. The second-order valence-corrected chi connectivity index (χ2v) is 6.23. The quantitative estimate of drug-likeness (QED) is 0.801. The Morgan fingerprint density at radius 3 is 2.62 bits per heavy atom. The van der Waals surface area contributed by atoms with Gasteiger partial charge < -0.3 is 11.1 Å². The molecular weight excluding hydrogens is 278 g/mol. The first-order chi connectivity index (χ1) is 9.96. The highest BCUT2D eigenvalue weighted by Crippen LogP contribution is 2.19. The monoisotopic (exact) mass is 299 g/mol. The Balaban J connectivity index is 2.00. The van der Waals surface area contributed by atoms with E-state index in [9.17, 15) is 0 Å². The Kier molecular flexibility index (Phi) is 4.91. The summed E-state index contributed by atoms with van der Waals surface area (Å²) in [5.41, 5.74) is 7.78. The van der Waals surface area contributed by atoms with Crippen molar-refractivity contribution in [1.82, 2.24) is 4.98 Å². The summed E-state index contributed by atoms with van der Waals surface area (Å²) in [6.07, 6.45) is 3.76. The number of nitrogens with two attached hydrogens (primary N) is 1. The largest absolute Gasteiger partial charge is 0.389 e. The standard InChI is InChI=1S/C17H21N3S/c1-17(2,10-8-13-6-4-3-5-7-13)20-15-12-14(16(18)21)9-11-19-15/h3-7,9,11-12H,8,10H2,1-2H3,(H2,18,21)(H,19,20). The van der Waals surface area contributed by atoms with Gasteiger partial charge in [0.1, 0.15) is 10.8 Å². The number of thiocarbonyl (C=S) groups is 1. The highest BCUT2D eigenvalue weighted by atomic mass is 32.1. The van der Waals surface area contributed by atoms with Gasteiger partial charge in [-0.25, -0.2) is 4.98 Å². The lowest BCUT2D eigenvalue weighted by Gasteiger charge is -2.27. The Hall–Kier alpha value is -1.94. The lowest BCUT2D eigenvalue weighted by Crippen LogP contribution is -2.32. The molecule has 0 unspecified atom stereocenters. The molecular formula is C17H21N3S. The van der Waals surface area contributed by atoms with E-state index < -0.39 is 0 Å². The summed E-state index contributed by atoms with van der Waals surface area (Å²) < 4.78 is 0. The molecule has 0 saturated carbocycles. The van der Waals surface area contributed by atoms with Crippen LogP contribution in [-0.2, 0) is 6.42 Å². The molecule has 1 heterocycles. The molecule has 0 spiro atoms. The molecule has 110 valence electrons. The molecule has 3 nitrogen and oxygen atoms in total. The zero-order valence-corrected chi connectivity index (χ0v) is 13.3. The molecule has 1 aromatic carbocycles. The van der Waals surface area contributed by atoms with Gasteiger partial charge in [-0.1, -0.05) is 42.5 Å². The van der Waals surface area contributed by atoms with Crippen LogP contribution in [0.1, 0.15) is 31.4 Å². The van der Waals surface area contributed by atoms with Gasteiger partial charge in [-0.3, -0.25) is 0 Å². The lowest BCUT2D eigenvalue weighted by molar-refractivity contribution is 0.516. The number of nitrogens with one attached hydrogen (secondary N) is 1. The first-order valence-corrected chi connectivity index (χ1v) is 7.45. The van der Waals surface area contributed by atoms with Crippen LogP contribution in [0.15, 0.2) is 48.7 Å². The molecule has 0 amide bonds. The second-order valence-electron chi connectivity index (χ2n) is 5.79. The maximum absolute atomic E-state index is 5.66. The van der Waals surface area contributed by atoms with Gasteiger partial charge >= 0.3 is 0 Å². The van der Waals surface area contributed by atoms with Gasteiger partial charge in [-0.05, 0) is 44.4 Å². The van der Waals surface area contributed by atoms with E-state index in [0.29, 0.717) is 4.99 Å². The van der Waals surface area contributed by atoms with Crippen LogP contribution in [-0.4, -0.2) is 15.5 Å². The van der Waals surface area contributed by atoms with Crippen molar-refractivity contribution in [3.63, 3.8) is 0 Å². The van der Waals surface area contributed by atoms with Crippen LogP contribution in [0.25, 0.3) is 0 Å². The minimum absolute atomic E-state index is 0.0579. The zero-order chi connectivity index (χ0) is 15.3. The number of hydrogen-bond donors (Lipinski definition) is 2. The number of anilines is 1. The molecule has 1 aromatic heterocycles. The van der Waals surface area contributed by atoms with Crippen molar-refractivity contribution in [2.24, 2.45) is 5.73 Å². The number of rotatable bonds is 6. The number of aromatic nitrogens is 1. The van der Waals surface area contributed by atoms with E-state index in [2.05, 4.69) is 48.4 Å². The van der Waals surface area contributed by atoms with Crippen molar-refractivity contribution >= 4 is 23.0 Å².